The summed E-state index contributed by atoms with van der Waals surface area (Å²) in [7, 11) is 0. The molecule has 0 amide bonds. The molecule has 0 bridgehead atoms. The van der Waals surface area contributed by atoms with Crippen LogP contribution in [0.1, 0.15) is 6.92 Å². The van der Waals surface area contributed by atoms with Crippen LogP contribution >= 0.6 is 11.6 Å². The van der Waals surface area contributed by atoms with Crippen LogP contribution in [-0.4, -0.2) is 30.8 Å². The zero-order chi connectivity index (χ0) is 12.5. The van der Waals surface area contributed by atoms with Crippen LogP contribution in [0.25, 0.3) is 10.9 Å². The lowest BCUT2D eigenvalue weighted by atomic mass is 10.1. The van der Waals surface area contributed by atoms with Gasteiger partial charge in [-0.05, 0) is 31.2 Å². The van der Waals surface area contributed by atoms with E-state index in [4.69, 9.17) is 16.3 Å². The molecular weight excluding hydrogens is 248 g/mol. The van der Waals surface area contributed by atoms with E-state index >= 15 is 0 Å². The van der Waals surface area contributed by atoms with Crippen molar-refractivity contribution in [2.24, 2.45) is 0 Å². The maximum absolute atomic E-state index is 6.01. The van der Waals surface area contributed by atoms with Crippen molar-refractivity contribution in [1.82, 2.24) is 4.98 Å². The van der Waals surface area contributed by atoms with E-state index in [1.165, 1.54) is 5.69 Å². The standard InChI is InChI=1S/C14H15ClN2O/c1-10-9-17(6-7-18-10)14-4-5-16-13-8-11(15)2-3-12(13)14/h2-5,8,10H,6-7,9H2,1H3. The summed E-state index contributed by atoms with van der Waals surface area (Å²) in [5.41, 5.74) is 2.16. The van der Waals surface area contributed by atoms with Crippen molar-refractivity contribution >= 4 is 28.2 Å². The Labute approximate surface area is 111 Å². The summed E-state index contributed by atoms with van der Waals surface area (Å²) in [6.07, 6.45) is 2.11. The third-order valence-corrected chi connectivity index (χ3v) is 3.50. The zero-order valence-electron chi connectivity index (χ0n) is 10.3. The summed E-state index contributed by atoms with van der Waals surface area (Å²) in [4.78, 5) is 6.73. The normalized spacial score (nSPS) is 20.3. The van der Waals surface area contributed by atoms with E-state index in [9.17, 15) is 0 Å². The van der Waals surface area contributed by atoms with Gasteiger partial charge in [-0.15, -0.1) is 0 Å². The molecule has 1 aromatic heterocycles. The average molecular weight is 263 g/mol. The van der Waals surface area contributed by atoms with Crippen LogP contribution in [-0.2, 0) is 4.74 Å². The quantitative estimate of drug-likeness (QED) is 0.790. The predicted octanol–water partition coefficient (Wildman–Crippen LogP) is 3.11. The number of rotatable bonds is 1. The molecule has 0 radical (unpaired) electrons. The lowest BCUT2D eigenvalue weighted by Gasteiger charge is -2.33. The number of aromatic nitrogens is 1. The molecule has 4 heteroatoms. The van der Waals surface area contributed by atoms with E-state index in [0.717, 1.165) is 35.6 Å². The van der Waals surface area contributed by atoms with Gasteiger partial charge in [0.25, 0.3) is 0 Å². The molecule has 0 saturated carbocycles. The van der Waals surface area contributed by atoms with E-state index in [-0.39, 0.29) is 6.10 Å². The second-order valence-corrected chi connectivity index (χ2v) is 5.06. The van der Waals surface area contributed by atoms with E-state index < -0.39 is 0 Å². The first kappa shape index (κ1) is 11.8. The van der Waals surface area contributed by atoms with Gasteiger partial charge >= 0.3 is 0 Å². The molecule has 0 spiro atoms. The van der Waals surface area contributed by atoms with E-state index in [0.29, 0.717) is 0 Å². The van der Waals surface area contributed by atoms with Crippen molar-refractivity contribution in [2.75, 3.05) is 24.6 Å². The van der Waals surface area contributed by atoms with Crippen molar-refractivity contribution in [2.45, 2.75) is 13.0 Å². The van der Waals surface area contributed by atoms with Gasteiger partial charge in [0.15, 0.2) is 0 Å². The molecule has 3 rings (SSSR count). The van der Waals surface area contributed by atoms with Crippen molar-refractivity contribution in [3.05, 3.63) is 35.5 Å². The number of hydrogen-bond acceptors (Lipinski definition) is 3. The smallest absolute Gasteiger partial charge is 0.0737 e. The number of nitrogens with zero attached hydrogens (tertiary/aromatic N) is 2. The molecule has 1 unspecified atom stereocenters. The van der Waals surface area contributed by atoms with Gasteiger partial charge in [0.05, 0.1) is 18.2 Å². The lowest BCUT2D eigenvalue weighted by Crippen LogP contribution is -2.41. The van der Waals surface area contributed by atoms with E-state index in [1.54, 1.807) is 0 Å². The number of fused-ring (bicyclic) bond motifs is 1. The fourth-order valence-electron chi connectivity index (χ4n) is 2.42. The van der Waals surface area contributed by atoms with Gasteiger partial charge in [-0.2, -0.15) is 0 Å². The molecule has 1 aliphatic heterocycles. The third-order valence-electron chi connectivity index (χ3n) is 3.26. The highest BCUT2D eigenvalue weighted by Crippen LogP contribution is 2.28. The van der Waals surface area contributed by atoms with Crippen LogP contribution in [0, 0.1) is 0 Å². The van der Waals surface area contributed by atoms with Gasteiger partial charge in [-0.1, -0.05) is 11.6 Å². The molecule has 2 heterocycles. The number of anilines is 1. The molecule has 1 aromatic carbocycles. The Morgan fingerprint density at radius 1 is 1.39 bits per heavy atom. The molecule has 0 N–H and O–H groups in total. The number of benzene rings is 1. The number of ether oxygens (including phenoxy) is 1. The highest BCUT2D eigenvalue weighted by Gasteiger charge is 2.18. The van der Waals surface area contributed by atoms with Crippen LogP contribution in [0.3, 0.4) is 0 Å². The van der Waals surface area contributed by atoms with Crippen molar-refractivity contribution in [1.29, 1.82) is 0 Å². The van der Waals surface area contributed by atoms with Gasteiger partial charge in [0.1, 0.15) is 0 Å². The van der Waals surface area contributed by atoms with Gasteiger partial charge in [-0.3, -0.25) is 4.98 Å². The zero-order valence-corrected chi connectivity index (χ0v) is 11.0. The van der Waals surface area contributed by atoms with Gasteiger partial charge in [-0.25, -0.2) is 0 Å². The summed E-state index contributed by atoms with van der Waals surface area (Å²) >= 11 is 6.01. The number of morpholine rings is 1. The second-order valence-electron chi connectivity index (χ2n) is 4.62. The molecule has 1 atom stereocenters. The Hall–Kier alpha value is -1.32. The third kappa shape index (κ3) is 2.16. The van der Waals surface area contributed by atoms with Crippen LogP contribution < -0.4 is 4.90 Å². The predicted molar refractivity (Wildman–Crippen MR) is 74.4 cm³/mol. The molecule has 0 aliphatic carbocycles. The molecule has 2 aromatic rings. The monoisotopic (exact) mass is 262 g/mol. The van der Waals surface area contributed by atoms with Crippen LogP contribution in [0.2, 0.25) is 5.02 Å². The fraction of sp³-hybridized carbons (Fsp3) is 0.357. The van der Waals surface area contributed by atoms with Crippen molar-refractivity contribution < 1.29 is 4.74 Å². The molecule has 18 heavy (non-hydrogen) atoms. The molecular formula is C14H15ClN2O. The number of pyridine rings is 1. The van der Waals surface area contributed by atoms with Gasteiger partial charge < -0.3 is 9.64 Å². The topological polar surface area (TPSA) is 25.4 Å². The van der Waals surface area contributed by atoms with Crippen molar-refractivity contribution in [3.8, 4) is 0 Å². The molecule has 94 valence electrons. The summed E-state index contributed by atoms with van der Waals surface area (Å²) in [5, 5.41) is 1.87. The maximum atomic E-state index is 6.01. The molecule has 1 fully saturated rings. The molecule has 3 nitrogen and oxygen atoms in total. The highest BCUT2D eigenvalue weighted by atomic mass is 35.5. The fourth-order valence-corrected chi connectivity index (χ4v) is 2.59. The van der Waals surface area contributed by atoms with Crippen LogP contribution in [0.4, 0.5) is 5.69 Å². The first-order valence-electron chi connectivity index (χ1n) is 6.15. The number of hydrogen-bond donors (Lipinski definition) is 0. The average Bonchev–Trinajstić information content (AvgIpc) is 2.37. The Bertz CT molecular complexity index is 573. The first-order chi connectivity index (χ1) is 8.74. The minimum atomic E-state index is 0.272. The summed E-state index contributed by atoms with van der Waals surface area (Å²) < 4.78 is 5.58. The first-order valence-corrected chi connectivity index (χ1v) is 6.52. The van der Waals surface area contributed by atoms with E-state index in [2.05, 4.69) is 22.9 Å². The summed E-state index contributed by atoms with van der Waals surface area (Å²) in [6, 6.07) is 7.93. The highest BCUT2D eigenvalue weighted by molar-refractivity contribution is 6.31. The largest absolute Gasteiger partial charge is 0.375 e. The maximum Gasteiger partial charge on any atom is 0.0737 e. The van der Waals surface area contributed by atoms with Gasteiger partial charge in [0, 0.05) is 35.4 Å². The van der Waals surface area contributed by atoms with Gasteiger partial charge in [0.2, 0.25) is 0 Å². The minimum Gasteiger partial charge on any atom is -0.375 e. The van der Waals surface area contributed by atoms with Crippen molar-refractivity contribution in [3.63, 3.8) is 0 Å². The van der Waals surface area contributed by atoms with E-state index in [1.807, 2.05) is 24.4 Å². The second kappa shape index (κ2) is 4.75. The minimum absolute atomic E-state index is 0.272. The Morgan fingerprint density at radius 3 is 3.11 bits per heavy atom. The van der Waals surface area contributed by atoms with Crippen LogP contribution in [0.5, 0.6) is 0 Å². The molecule has 1 aliphatic rings. The Morgan fingerprint density at radius 2 is 2.28 bits per heavy atom. The Kier molecular flexibility index (Phi) is 3.10. The summed E-state index contributed by atoms with van der Waals surface area (Å²) in [6.45, 7) is 4.72. The SMILES string of the molecule is CC1CN(c2ccnc3cc(Cl)ccc23)CCO1. The Balaban J connectivity index is 2.05. The van der Waals surface area contributed by atoms with Crippen LogP contribution in [0.15, 0.2) is 30.5 Å². The summed E-state index contributed by atoms with van der Waals surface area (Å²) in [5.74, 6) is 0. The number of halogens is 1. The molecule has 1 saturated heterocycles. The lowest BCUT2D eigenvalue weighted by molar-refractivity contribution is 0.0533.